The van der Waals surface area contributed by atoms with Crippen LogP contribution in [-0.4, -0.2) is 83.0 Å². The number of amides is 2. The number of ether oxygens (including phenoxy) is 6. The van der Waals surface area contributed by atoms with Gasteiger partial charge in [0.25, 0.3) is 0 Å². The van der Waals surface area contributed by atoms with Crippen molar-refractivity contribution in [2.45, 2.75) is 57.5 Å². The second kappa shape index (κ2) is 18.0. The number of esters is 1. The highest BCUT2D eigenvalue weighted by Gasteiger charge is 2.66. The van der Waals surface area contributed by atoms with Crippen LogP contribution in [0.1, 0.15) is 61.5 Å². The lowest BCUT2D eigenvalue weighted by atomic mass is 9.62. The first kappa shape index (κ1) is 41.7. The van der Waals surface area contributed by atoms with Crippen LogP contribution in [0.25, 0.3) is 0 Å². The number of anilines is 2. The fourth-order valence-corrected chi connectivity index (χ4v) is 7.43. The van der Waals surface area contributed by atoms with E-state index in [2.05, 4.69) is 20.7 Å². The molecule has 13 nitrogen and oxygen atoms in total. The summed E-state index contributed by atoms with van der Waals surface area (Å²) in [6.07, 6.45) is -0.336. The van der Waals surface area contributed by atoms with Crippen LogP contribution in [0.3, 0.4) is 0 Å². The van der Waals surface area contributed by atoms with Crippen molar-refractivity contribution in [3.8, 4) is 5.75 Å². The minimum absolute atomic E-state index is 0.0207. The van der Waals surface area contributed by atoms with E-state index < -0.39 is 53.2 Å². The monoisotopic (exact) mass is 803 g/mol. The Bertz CT molecular complexity index is 1910. The van der Waals surface area contributed by atoms with Gasteiger partial charge in [-0.2, -0.15) is 0 Å². The molecule has 3 aromatic carbocycles. The molecular formula is C39H44Cl2FN3O10. The van der Waals surface area contributed by atoms with Crippen molar-refractivity contribution in [3.05, 3.63) is 87.2 Å². The lowest BCUT2D eigenvalue weighted by Crippen LogP contribution is -2.49. The van der Waals surface area contributed by atoms with E-state index in [9.17, 15) is 19.2 Å². The summed E-state index contributed by atoms with van der Waals surface area (Å²) in [4.78, 5) is 52.8. The molecule has 3 N–H and O–H groups in total. The molecule has 4 atom stereocenters. The van der Waals surface area contributed by atoms with Gasteiger partial charge < -0.3 is 44.4 Å². The smallest absolute Gasteiger partial charge is 0.495 e. The number of nitrogens with one attached hydrogen (secondary N) is 3. The summed E-state index contributed by atoms with van der Waals surface area (Å²) in [6.45, 7) is 8.02. The highest BCUT2D eigenvalue weighted by molar-refractivity contribution is 6.31. The summed E-state index contributed by atoms with van der Waals surface area (Å²) in [7, 11) is 1.39. The molecule has 2 heterocycles. The van der Waals surface area contributed by atoms with Crippen LogP contribution < -0.4 is 20.7 Å². The summed E-state index contributed by atoms with van der Waals surface area (Å²) in [5.41, 5.74) is -0.0338. The molecular weight excluding hydrogens is 760 g/mol. The predicted octanol–water partition coefficient (Wildman–Crippen LogP) is 6.85. The Hall–Kier alpha value is -4.47. The molecule has 0 bridgehead atoms. The highest BCUT2D eigenvalue weighted by Crippen LogP contribution is 2.57. The number of halogens is 3. The molecule has 1 fully saturated rings. The molecule has 5 rings (SSSR count). The number of hydrogen-bond acceptors (Lipinski definition) is 11. The number of hydrogen-bond donors (Lipinski definition) is 3. The van der Waals surface area contributed by atoms with Gasteiger partial charge in [0, 0.05) is 22.7 Å². The summed E-state index contributed by atoms with van der Waals surface area (Å²) in [5.74, 6) is -2.99. The molecule has 1 saturated heterocycles. The molecule has 0 radical (unpaired) electrons. The van der Waals surface area contributed by atoms with Gasteiger partial charge in [0.15, 0.2) is 6.79 Å². The Labute approximate surface area is 328 Å². The van der Waals surface area contributed by atoms with Crippen molar-refractivity contribution >= 4 is 58.5 Å². The first-order chi connectivity index (χ1) is 26.2. The van der Waals surface area contributed by atoms with Crippen LogP contribution >= 0.6 is 23.2 Å². The minimum atomic E-state index is -1.44. The standard InChI is InChI=1S/C39H44Cl2FN3O10/c1-6-53-37(49)54-15-14-51-12-13-52-21-55-35(47)23-10-11-28(30(17-23)50-5)43-34(46)33-32(22-8-7-9-24(40)16-22)39(31(45-33)20-38(2,3)4)25-18-27(42)26(41)19-29(25)44-36(39)48/h7-11,16-19,31-33,45H,6,12-15,20-21H2,1-5H3,(H,43,46)(H,44,48)/t31-,32+,33+,39+/m0/s1. The molecule has 0 saturated carbocycles. The summed E-state index contributed by atoms with van der Waals surface area (Å²) >= 11 is 12.6. The van der Waals surface area contributed by atoms with E-state index in [1.54, 1.807) is 31.2 Å². The van der Waals surface area contributed by atoms with Gasteiger partial charge in [-0.15, -0.1) is 0 Å². The van der Waals surface area contributed by atoms with E-state index in [0.717, 1.165) is 0 Å². The average molecular weight is 805 g/mol. The molecule has 0 aliphatic carbocycles. The Morgan fingerprint density at radius 2 is 1.69 bits per heavy atom. The van der Waals surface area contributed by atoms with Crippen LogP contribution in [0.15, 0.2) is 54.6 Å². The van der Waals surface area contributed by atoms with Crippen molar-refractivity contribution in [2.24, 2.45) is 5.41 Å². The minimum Gasteiger partial charge on any atom is -0.495 e. The number of carbonyl (C=O) groups is 4. The van der Waals surface area contributed by atoms with E-state index >= 15 is 4.39 Å². The summed E-state index contributed by atoms with van der Waals surface area (Å²) < 4.78 is 46.0. The number of rotatable bonds is 15. The zero-order valence-corrected chi connectivity index (χ0v) is 32.6. The van der Waals surface area contributed by atoms with Gasteiger partial charge in [-0.3, -0.25) is 9.59 Å². The van der Waals surface area contributed by atoms with Gasteiger partial charge in [-0.25, -0.2) is 14.0 Å². The third-order valence-corrected chi connectivity index (χ3v) is 9.77. The quantitative estimate of drug-likeness (QED) is 0.0838. The Morgan fingerprint density at radius 3 is 2.40 bits per heavy atom. The normalized spacial score (nSPS) is 20.1. The van der Waals surface area contributed by atoms with Gasteiger partial charge in [0.05, 0.1) is 55.9 Å². The van der Waals surface area contributed by atoms with E-state index in [0.29, 0.717) is 28.3 Å². The van der Waals surface area contributed by atoms with Gasteiger partial charge in [-0.1, -0.05) is 56.1 Å². The molecule has 0 unspecified atom stereocenters. The molecule has 16 heteroatoms. The van der Waals surface area contributed by atoms with Gasteiger partial charge in [0.1, 0.15) is 23.6 Å². The van der Waals surface area contributed by atoms with Gasteiger partial charge in [-0.05, 0) is 72.4 Å². The van der Waals surface area contributed by atoms with Gasteiger partial charge in [0.2, 0.25) is 11.8 Å². The molecule has 0 aromatic heterocycles. The van der Waals surface area contributed by atoms with Crippen LogP contribution in [-0.2, 0) is 38.7 Å². The number of benzene rings is 3. The summed E-state index contributed by atoms with van der Waals surface area (Å²) in [5, 5.41) is 9.55. The Kier molecular flexibility index (Phi) is 13.6. The third kappa shape index (κ3) is 9.50. The first-order valence-corrected chi connectivity index (χ1v) is 18.4. The number of carbonyl (C=O) groups excluding carboxylic acids is 4. The largest absolute Gasteiger partial charge is 0.508 e. The molecule has 3 aromatic rings. The van der Waals surface area contributed by atoms with E-state index in [1.165, 1.54) is 37.4 Å². The van der Waals surface area contributed by atoms with Crippen LogP contribution in [0.5, 0.6) is 5.75 Å². The molecule has 296 valence electrons. The van der Waals surface area contributed by atoms with Gasteiger partial charge >= 0.3 is 12.1 Å². The van der Waals surface area contributed by atoms with Crippen molar-refractivity contribution in [3.63, 3.8) is 0 Å². The number of fused-ring (bicyclic) bond motifs is 2. The van der Waals surface area contributed by atoms with Crippen LogP contribution in [0.4, 0.5) is 20.6 Å². The Morgan fingerprint density at radius 1 is 0.945 bits per heavy atom. The molecule has 2 aliphatic heterocycles. The zero-order chi connectivity index (χ0) is 39.9. The van der Waals surface area contributed by atoms with Crippen LogP contribution in [0.2, 0.25) is 10.0 Å². The van der Waals surface area contributed by atoms with Crippen molar-refractivity contribution in [1.29, 1.82) is 0 Å². The second-order valence-electron chi connectivity index (χ2n) is 14.1. The SMILES string of the molecule is CCOC(=O)OCCOCCOCOC(=O)c1ccc(NC(=O)[C@@H]2N[C@@H](CC(C)(C)C)[C@@]3(C(=O)Nc4cc(Cl)c(F)cc43)[C@@H]2c2cccc(Cl)c2)c(OC)c1. The van der Waals surface area contributed by atoms with E-state index in [1.807, 2.05) is 20.8 Å². The van der Waals surface area contributed by atoms with Crippen molar-refractivity contribution in [2.75, 3.05) is 57.6 Å². The second-order valence-corrected chi connectivity index (χ2v) is 15.0. The maximum absolute atomic E-state index is 15.2. The summed E-state index contributed by atoms with van der Waals surface area (Å²) in [6, 6.07) is 12.3. The zero-order valence-electron chi connectivity index (χ0n) is 31.1. The maximum Gasteiger partial charge on any atom is 0.508 e. The topological polar surface area (TPSA) is 160 Å². The lowest BCUT2D eigenvalue weighted by Gasteiger charge is -2.37. The first-order valence-electron chi connectivity index (χ1n) is 17.6. The third-order valence-electron chi connectivity index (χ3n) is 9.24. The maximum atomic E-state index is 15.2. The molecule has 2 aliphatic rings. The molecule has 55 heavy (non-hydrogen) atoms. The van der Waals surface area contributed by atoms with E-state index in [-0.39, 0.29) is 67.3 Å². The van der Waals surface area contributed by atoms with Crippen molar-refractivity contribution < 1.29 is 52.0 Å². The lowest BCUT2D eigenvalue weighted by molar-refractivity contribution is -0.122. The Balaban J connectivity index is 1.33. The van der Waals surface area contributed by atoms with Crippen LogP contribution in [0, 0.1) is 11.2 Å². The predicted molar refractivity (Wildman–Crippen MR) is 202 cm³/mol. The fourth-order valence-electron chi connectivity index (χ4n) is 7.07. The fraction of sp³-hybridized carbons (Fsp3) is 0.436. The molecule has 2 amide bonds. The molecule has 1 spiro atoms. The van der Waals surface area contributed by atoms with E-state index in [4.69, 9.17) is 46.9 Å². The van der Waals surface area contributed by atoms with Crippen molar-refractivity contribution in [1.82, 2.24) is 5.32 Å². The highest BCUT2D eigenvalue weighted by atomic mass is 35.5. The average Bonchev–Trinajstić information content (AvgIpc) is 3.60. The number of methoxy groups -OCH3 is 1.